The summed E-state index contributed by atoms with van der Waals surface area (Å²) in [6.45, 7) is 0. The number of benzene rings is 2. The van der Waals surface area contributed by atoms with Gasteiger partial charge in [0, 0.05) is 30.7 Å². The van der Waals surface area contributed by atoms with Gasteiger partial charge in [-0.15, -0.1) is 11.3 Å². The maximum absolute atomic E-state index is 12.9. The molecule has 1 N–H and O–H groups in total. The molecule has 2 aromatic heterocycles. The molecule has 4 aromatic rings. The molecule has 0 bridgehead atoms. The van der Waals surface area contributed by atoms with E-state index in [0.29, 0.717) is 16.2 Å². The molecule has 2 heterocycles. The van der Waals surface area contributed by atoms with Gasteiger partial charge in [-0.1, -0.05) is 12.1 Å². The van der Waals surface area contributed by atoms with Gasteiger partial charge in [0.15, 0.2) is 0 Å². The van der Waals surface area contributed by atoms with E-state index >= 15 is 0 Å². The molecule has 154 valence electrons. The van der Waals surface area contributed by atoms with E-state index in [9.17, 15) is 22.8 Å². The second-order valence-corrected chi connectivity index (χ2v) is 7.53. The van der Waals surface area contributed by atoms with Gasteiger partial charge in [-0.3, -0.25) is 13.9 Å². The van der Waals surface area contributed by atoms with Gasteiger partial charge in [-0.05, 0) is 30.3 Å². The molecule has 0 aliphatic rings. The van der Waals surface area contributed by atoms with Crippen LogP contribution in [0.25, 0.3) is 21.6 Å². The van der Waals surface area contributed by atoms with Gasteiger partial charge in [-0.2, -0.15) is 13.2 Å². The summed E-state index contributed by atoms with van der Waals surface area (Å²) in [5.41, 5.74) is 1.28. The average Bonchev–Trinajstić information content (AvgIpc) is 3.29. The third-order valence-electron chi connectivity index (χ3n) is 4.70. The van der Waals surface area contributed by atoms with Crippen LogP contribution in [0.5, 0.6) is 0 Å². The molecule has 0 aliphatic heterocycles. The monoisotopic (exact) mass is 432 g/mol. The number of aryl methyl sites for hydroxylation is 2. The number of nitrogens with one attached hydrogen (secondary N) is 1. The summed E-state index contributed by atoms with van der Waals surface area (Å²) in [5, 5.41) is 4.51. The van der Waals surface area contributed by atoms with E-state index in [1.165, 1.54) is 26.6 Å². The highest BCUT2D eigenvalue weighted by atomic mass is 32.1. The Kier molecular flexibility index (Phi) is 4.73. The van der Waals surface area contributed by atoms with Gasteiger partial charge in [-0.25, -0.2) is 9.78 Å². The van der Waals surface area contributed by atoms with Crippen molar-refractivity contribution >= 4 is 34.0 Å². The van der Waals surface area contributed by atoms with Crippen molar-refractivity contribution in [2.75, 3.05) is 5.32 Å². The lowest BCUT2D eigenvalue weighted by Gasteiger charge is -2.07. The van der Waals surface area contributed by atoms with Crippen molar-refractivity contribution < 1.29 is 18.0 Å². The Labute approximate surface area is 172 Å². The fraction of sp³-hybridized carbons (Fsp3) is 0.150. The number of anilines is 1. The fourth-order valence-corrected chi connectivity index (χ4v) is 3.92. The molecule has 0 saturated carbocycles. The number of thiazole rings is 1. The topological polar surface area (TPSA) is 68.9 Å². The summed E-state index contributed by atoms with van der Waals surface area (Å²) in [5.74, 6) is -0.496. The van der Waals surface area contributed by atoms with Crippen molar-refractivity contribution in [2.24, 2.45) is 14.1 Å². The first-order valence-electron chi connectivity index (χ1n) is 8.75. The van der Waals surface area contributed by atoms with Crippen molar-refractivity contribution in [3.8, 4) is 10.6 Å². The number of amides is 1. The van der Waals surface area contributed by atoms with E-state index in [2.05, 4.69) is 10.3 Å². The Balaban J connectivity index is 1.59. The molecule has 0 aliphatic carbocycles. The Hall–Kier alpha value is -3.40. The predicted molar refractivity (Wildman–Crippen MR) is 109 cm³/mol. The number of hydrogen-bond acceptors (Lipinski definition) is 4. The standard InChI is InChI=1S/C20H15F3N4O2S/c1-26-15-7-6-13(9-16(15)27(2)19(26)29)24-17(28)14-10-30-18(25-14)11-4-3-5-12(8-11)20(21,22)23/h3-10H,1-2H3,(H,24,28). The fourth-order valence-electron chi connectivity index (χ4n) is 3.12. The van der Waals surface area contributed by atoms with Crippen LogP contribution in [0.3, 0.4) is 0 Å². The molecule has 0 radical (unpaired) electrons. The lowest BCUT2D eigenvalue weighted by atomic mass is 10.1. The molecule has 2 aromatic carbocycles. The highest BCUT2D eigenvalue weighted by Gasteiger charge is 2.30. The Morgan fingerprint density at radius 3 is 2.53 bits per heavy atom. The van der Waals surface area contributed by atoms with Gasteiger partial charge in [0.25, 0.3) is 5.91 Å². The smallest absolute Gasteiger partial charge is 0.321 e. The van der Waals surface area contributed by atoms with Crippen LogP contribution >= 0.6 is 11.3 Å². The molecular formula is C20H15F3N4O2S. The molecule has 0 unspecified atom stereocenters. The largest absolute Gasteiger partial charge is 0.416 e. The van der Waals surface area contributed by atoms with Crippen LogP contribution in [0.2, 0.25) is 0 Å². The molecule has 0 saturated heterocycles. The number of alkyl halides is 3. The second kappa shape index (κ2) is 7.13. The van der Waals surface area contributed by atoms with Gasteiger partial charge in [0.2, 0.25) is 0 Å². The molecule has 10 heteroatoms. The van der Waals surface area contributed by atoms with E-state index in [0.717, 1.165) is 29.0 Å². The quantitative estimate of drug-likeness (QED) is 0.526. The van der Waals surface area contributed by atoms with Crippen LogP contribution in [0.15, 0.2) is 52.6 Å². The molecule has 6 nitrogen and oxygen atoms in total. The number of aromatic nitrogens is 3. The van der Waals surface area contributed by atoms with Crippen LogP contribution in [0.4, 0.5) is 18.9 Å². The minimum Gasteiger partial charge on any atom is -0.321 e. The third-order valence-corrected chi connectivity index (χ3v) is 5.59. The summed E-state index contributed by atoms with van der Waals surface area (Å²) in [4.78, 5) is 28.8. The Morgan fingerprint density at radius 1 is 1.07 bits per heavy atom. The molecule has 1 amide bonds. The van der Waals surface area contributed by atoms with Gasteiger partial charge in [0.05, 0.1) is 16.6 Å². The van der Waals surface area contributed by atoms with Crippen LogP contribution in [-0.4, -0.2) is 20.0 Å². The minimum atomic E-state index is -4.45. The van der Waals surface area contributed by atoms with Crippen LogP contribution in [0.1, 0.15) is 16.1 Å². The van der Waals surface area contributed by atoms with Crippen molar-refractivity contribution in [1.82, 2.24) is 14.1 Å². The van der Waals surface area contributed by atoms with Crippen LogP contribution < -0.4 is 11.0 Å². The zero-order chi connectivity index (χ0) is 21.6. The first kappa shape index (κ1) is 19.9. The summed E-state index contributed by atoms with van der Waals surface area (Å²) >= 11 is 1.08. The number of carbonyl (C=O) groups excluding carboxylic acids is 1. The molecule has 0 spiro atoms. The number of rotatable bonds is 3. The van der Waals surface area contributed by atoms with E-state index in [1.54, 1.807) is 32.3 Å². The van der Waals surface area contributed by atoms with E-state index < -0.39 is 17.6 Å². The molecule has 0 fully saturated rings. The summed E-state index contributed by atoms with van der Waals surface area (Å²) in [7, 11) is 3.30. The Morgan fingerprint density at radius 2 is 1.80 bits per heavy atom. The van der Waals surface area contributed by atoms with Crippen LogP contribution in [-0.2, 0) is 20.3 Å². The normalized spacial score (nSPS) is 11.8. The summed E-state index contributed by atoms with van der Waals surface area (Å²) < 4.78 is 41.7. The van der Waals surface area contributed by atoms with E-state index in [4.69, 9.17) is 0 Å². The molecule has 30 heavy (non-hydrogen) atoms. The van der Waals surface area contributed by atoms with Crippen molar-refractivity contribution in [3.05, 3.63) is 69.6 Å². The molecule has 0 atom stereocenters. The highest BCUT2D eigenvalue weighted by Crippen LogP contribution is 2.33. The predicted octanol–water partition coefficient (Wildman–Crippen LogP) is 4.27. The maximum Gasteiger partial charge on any atom is 0.416 e. The summed E-state index contributed by atoms with van der Waals surface area (Å²) in [6, 6.07) is 9.87. The number of hydrogen-bond donors (Lipinski definition) is 1. The zero-order valence-electron chi connectivity index (χ0n) is 15.8. The van der Waals surface area contributed by atoms with Crippen LogP contribution in [0, 0.1) is 0 Å². The molecule has 4 rings (SSSR count). The number of halogens is 3. The van der Waals surface area contributed by atoms with Crippen molar-refractivity contribution in [1.29, 1.82) is 0 Å². The molecular weight excluding hydrogens is 417 g/mol. The first-order valence-corrected chi connectivity index (χ1v) is 9.63. The summed E-state index contributed by atoms with van der Waals surface area (Å²) in [6.07, 6.45) is -4.45. The van der Waals surface area contributed by atoms with Gasteiger partial charge in [0.1, 0.15) is 10.7 Å². The minimum absolute atomic E-state index is 0.0921. The highest BCUT2D eigenvalue weighted by molar-refractivity contribution is 7.13. The third kappa shape index (κ3) is 3.50. The SMILES string of the molecule is Cn1c(=O)n(C)c2cc(NC(=O)c3csc(-c4cccc(C(F)(F)F)c4)n3)ccc21. The number of nitrogens with zero attached hydrogens (tertiary/aromatic N) is 3. The van der Waals surface area contributed by atoms with E-state index in [-0.39, 0.29) is 16.9 Å². The van der Waals surface area contributed by atoms with Gasteiger partial charge < -0.3 is 5.32 Å². The first-order chi connectivity index (χ1) is 14.1. The van der Waals surface area contributed by atoms with E-state index in [1.807, 2.05) is 0 Å². The lowest BCUT2D eigenvalue weighted by molar-refractivity contribution is -0.137. The van der Waals surface area contributed by atoms with Gasteiger partial charge >= 0.3 is 11.9 Å². The number of imidazole rings is 1. The second-order valence-electron chi connectivity index (χ2n) is 6.67. The van der Waals surface area contributed by atoms with Crippen molar-refractivity contribution in [3.63, 3.8) is 0 Å². The number of fused-ring (bicyclic) bond motifs is 1. The number of carbonyl (C=O) groups is 1. The maximum atomic E-state index is 12.9. The average molecular weight is 432 g/mol. The lowest BCUT2D eigenvalue weighted by Crippen LogP contribution is -2.19. The van der Waals surface area contributed by atoms with Crippen molar-refractivity contribution in [2.45, 2.75) is 6.18 Å². The Bertz CT molecular complexity index is 1330. The zero-order valence-corrected chi connectivity index (χ0v) is 16.6.